The van der Waals surface area contributed by atoms with Gasteiger partial charge in [-0.3, -0.25) is 4.90 Å². The van der Waals surface area contributed by atoms with Gasteiger partial charge in [0.05, 0.1) is 10.9 Å². The third-order valence-corrected chi connectivity index (χ3v) is 5.18. The number of halogens is 1. The van der Waals surface area contributed by atoms with Crippen molar-refractivity contribution in [2.75, 3.05) is 13.1 Å². The molecular formula is C15H15FN4OS. The van der Waals surface area contributed by atoms with Gasteiger partial charge in [0, 0.05) is 5.56 Å². The normalized spacial score (nSPS) is 17.3. The van der Waals surface area contributed by atoms with Crippen LogP contribution in [0.25, 0.3) is 4.96 Å². The van der Waals surface area contributed by atoms with Crippen molar-refractivity contribution in [3.8, 4) is 5.88 Å². The van der Waals surface area contributed by atoms with E-state index in [2.05, 4.69) is 15.0 Å². The van der Waals surface area contributed by atoms with Crippen LogP contribution in [0, 0.1) is 5.82 Å². The Morgan fingerprint density at radius 3 is 2.73 bits per heavy atom. The van der Waals surface area contributed by atoms with Gasteiger partial charge in [0.25, 0.3) is 0 Å². The Morgan fingerprint density at radius 2 is 2.00 bits per heavy atom. The molecule has 7 heteroatoms. The van der Waals surface area contributed by atoms with Crippen molar-refractivity contribution in [3.05, 3.63) is 46.9 Å². The molecule has 5 nitrogen and oxygen atoms in total. The SMILES string of the molecule is Oc1c(C(c2ccccc2F)N2CCCC2)sc2ncnn12. The lowest BCUT2D eigenvalue weighted by Crippen LogP contribution is -2.26. The predicted molar refractivity (Wildman–Crippen MR) is 81.6 cm³/mol. The van der Waals surface area contributed by atoms with Crippen LogP contribution in [-0.4, -0.2) is 37.7 Å². The smallest absolute Gasteiger partial charge is 0.230 e. The Hall–Kier alpha value is -1.99. The van der Waals surface area contributed by atoms with Crippen molar-refractivity contribution in [1.82, 2.24) is 19.5 Å². The summed E-state index contributed by atoms with van der Waals surface area (Å²) < 4.78 is 15.8. The highest BCUT2D eigenvalue weighted by molar-refractivity contribution is 7.17. The molecule has 0 amide bonds. The first-order chi connectivity index (χ1) is 10.8. The third-order valence-electron chi connectivity index (χ3n) is 4.09. The quantitative estimate of drug-likeness (QED) is 0.807. The van der Waals surface area contributed by atoms with Crippen molar-refractivity contribution >= 4 is 16.3 Å². The lowest BCUT2D eigenvalue weighted by atomic mass is 10.0. The van der Waals surface area contributed by atoms with Crippen molar-refractivity contribution in [3.63, 3.8) is 0 Å². The zero-order valence-electron chi connectivity index (χ0n) is 11.8. The summed E-state index contributed by atoms with van der Waals surface area (Å²) in [5.41, 5.74) is 0.587. The average molecular weight is 318 g/mol. The van der Waals surface area contributed by atoms with Crippen molar-refractivity contribution < 1.29 is 9.50 Å². The van der Waals surface area contributed by atoms with Gasteiger partial charge in [-0.25, -0.2) is 9.37 Å². The molecular weight excluding hydrogens is 303 g/mol. The van der Waals surface area contributed by atoms with Crippen LogP contribution in [0.4, 0.5) is 4.39 Å². The van der Waals surface area contributed by atoms with Gasteiger partial charge in [0.2, 0.25) is 10.8 Å². The van der Waals surface area contributed by atoms with Crippen molar-refractivity contribution in [2.24, 2.45) is 0 Å². The number of nitrogens with zero attached hydrogens (tertiary/aromatic N) is 4. The highest BCUT2D eigenvalue weighted by Crippen LogP contribution is 2.41. The second-order valence-corrected chi connectivity index (χ2v) is 6.42. The topological polar surface area (TPSA) is 53.7 Å². The van der Waals surface area contributed by atoms with Gasteiger partial charge in [0.1, 0.15) is 12.1 Å². The lowest BCUT2D eigenvalue weighted by Gasteiger charge is -2.27. The maximum Gasteiger partial charge on any atom is 0.230 e. The number of thiazole rings is 1. The first kappa shape index (κ1) is 13.7. The Balaban J connectivity index is 1.88. The maximum absolute atomic E-state index is 14.4. The second kappa shape index (κ2) is 5.33. The van der Waals surface area contributed by atoms with Gasteiger partial charge in [-0.1, -0.05) is 29.5 Å². The predicted octanol–water partition coefficient (Wildman–Crippen LogP) is 2.82. The molecule has 1 unspecified atom stereocenters. The molecule has 1 aliphatic rings. The van der Waals surface area contributed by atoms with Crippen LogP contribution in [0.15, 0.2) is 30.6 Å². The van der Waals surface area contributed by atoms with E-state index in [0.29, 0.717) is 15.4 Å². The minimum absolute atomic E-state index is 0.0534. The standard InChI is InChI=1S/C15H15FN4OS/c16-11-6-2-1-5-10(11)12(19-7-3-4-8-19)13-14(21)20-15(22-13)17-9-18-20/h1-2,5-6,9,12,21H,3-4,7-8H2. The van der Waals surface area contributed by atoms with E-state index in [4.69, 9.17) is 0 Å². The molecule has 0 bridgehead atoms. The van der Waals surface area contributed by atoms with Gasteiger partial charge < -0.3 is 5.11 Å². The Bertz CT molecular complexity index is 809. The van der Waals surface area contributed by atoms with Crippen molar-refractivity contribution in [2.45, 2.75) is 18.9 Å². The summed E-state index contributed by atoms with van der Waals surface area (Å²) in [4.78, 5) is 7.65. The fourth-order valence-corrected chi connectivity index (χ4v) is 4.15. The van der Waals surface area contributed by atoms with E-state index in [1.807, 2.05) is 6.07 Å². The Labute approximate surface area is 130 Å². The van der Waals surface area contributed by atoms with E-state index in [1.54, 1.807) is 12.1 Å². The van der Waals surface area contributed by atoms with Gasteiger partial charge in [-0.05, 0) is 32.0 Å². The van der Waals surface area contributed by atoms with E-state index >= 15 is 0 Å². The van der Waals surface area contributed by atoms with E-state index in [0.717, 1.165) is 25.9 Å². The van der Waals surface area contributed by atoms with Crippen LogP contribution in [0.2, 0.25) is 0 Å². The van der Waals surface area contributed by atoms with Gasteiger partial charge in [-0.15, -0.1) is 0 Å². The Kier molecular flexibility index (Phi) is 3.31. The summed E-state index contributed by atoms with van der Waals surface area (Å²) in [6.07, 6.45) is 3.59. The summed E-state index contributed by atoms with van der Waals surface area (Å²) >= 11 is 1.36. The fraction of sp³-hybridized carbons (Fsp3) is 0.333. The summed E-state index contributed by atoms with van der Waals surface area (Å²) in [5.74, 6) is -0.199. The summed E-state index contributed by atoms with van der Waals surface area (Å²) in [7, 11) is 0. The minimum atomic E-state index is -0.294. The number of fused-ring (bicyclic) bond motifs is 1. The molecule has 3 heterocycles. The zero-order chi connectivity index (χ0) is 15.1. The molecule has 1 aromatic carbocycles. The Morgan fingerprint density at radius 1 is 1.23 bits per heavy atom. The van der Waals surface area contributed by atoms with Crippen LogP contribution in [0.3, 0.4) is 0 Å². The molecule has 4 rings (SSSR count). The largest absolute Gasteiger partial charge is 0.492 e. The molecule has 114 valence electrons. The summed E-state index contributed by atoms with van der Waals surface area (Å²) in [6.45, 7) is 1.79. The van der Waals surface area contributed by atoms with Gasteiger partial charge >= 0.3 is 0 Å². The first-order valence-electron chi connectivity index (χ1n) is 7.25. The number of aromatic hydroxyl groups is 1. The second-order valence-electron chi connectivity index (χ2n) is 5.41. The molecule has 1 aliphatic heterocycles. The maximum atomic E-state index is 14.4. The monoisotopic (exact) mass is 318 g/mol. The molecule has 2 aromatic heterocycles. The van der Waals surface area contributed by atoms with Crippen LogP contribution in [-0.2, 0) is 0 Å². The number of hydrogen-bond donors (Lipinski definition) is 1. The highest BCUT2D eigenvalue weighted by atomic mass is 32.1. The molecule has 0 spiro atoms. The molecule has 22 heavy (non-hydrogen) atoms. The summed E-state index contributed by atoms with van der Waals surface area (Å²) in [5, 5.41) is 14.5. The molecule has 3 aromatic rings. The van der Waals surface area contributed by atoms with Crippen LogP contribution < -0.4 is 0 Å². The minimum Gasteiger partial charge on any atom is -0.492 e. The van der Waals surface area contributed by atoms with Crippen LogP contribution >= 0.6 is 11.3 Å². The first-order valence-corrected chi connectivity index (χ1v) is 8.07. The molecule has 1 fully saturated rings. The number of aromatic nitrogens is 3. The summed E-state index contributed by atoms with van der Waals surface area (Å²) in [6, 6.07) is 6.47. The number of rotatable bonds is 3. The number of benzene rings is 1. The van der Waals surface area contributed by atoms with E-state index in [9.17, 15) is 9.50 Å². The molecule has 1 saturated heterocycles. The van der Waals surface area contributed by atoms with E-state index in [-0.39, 0.29) is 17.7 Å². The van der Waals surface area contributed by atoms with Crippen LogP contribution in [0.1, 0.15) is 29.3 Å². The molecule has 0 saturated carbocycles. The van der Waals surface area contributed by atoms with Gasteiger partial charge in [-0.2, -0.15) is 9.61 Å². The fourth-order valence-electron chi connectivity index (χ4n) is 3.07. The number of likely N-dealkylation sites (tertiary alicyclic amines) is 1. The van der Waals surface area contributed by atoms with Crippen molar-refractivity contribution in [1.29, 1.82) is 0 Å². The zero-order valence-corrected chi connectivity index (χ0v) is 12.6. The van der Waals surface area contributed by atoms with Gasteiger partial charge in [0.15, 0.2) is 0 Å². The van der Waals surface area contributed by atoms with Crippen LogP contribution in [0.5, 0.6) is 5.88 Å². The highest BCUT2D eigenvalue weighted by Gasteiger charge is 2.32. The number of hydrogen-bond acceptors (Lipinski definition) is 5. The molecule has 1 atom stereocenters. The molecule has 0 aliphatic carbocycles. The average Bonchev–Trinajstić information content (AvgIpc) is 3.23. The molecule has 1 N–H and O–H groups in total. The third kappa shape index (κ3) is 2.08. The molecule has 0 radical (unpaired) electrons. The van der Waals surface area contributed by atoms with E-state index in [1.165, 1.54) is 28.2 Å². The van der Waals surface area contributed by atoms with E-state index < -0.39 is 0 Å². The lowest BCUT2D eigenvalue weighted by molar-refractivity contribution is 0.272.